The number of hydrogen-bond donors (Lipinski definition) is 1. The number of benzene rings is 2. The highest BCUT2D eigenvalue weighted by atomic mass is 35.5. The quantitative estimate of drug-likeness (QED) is 0.511. The van der Waals surface area contributed by atoms with Gasteiger partial charge in [0, 0.05) is 16.3 Å². The summed E-state index contributed by atoms with van der Waals surface area (Å²) < 4.78 is 17.5. The van der Waals surface area contributed by atoms with Crippen LogP contribution < -0.4 is 5.32 Å². The first-order valence-electron chi connectivity index (χ1n) is 9.49. The van der Waals surface area contributed by atoms with Crippen LogP contribution in [-0.2, 0) is 11.2 Å². The van der Waals surface area contributed by atoms with Crippen molar-refractivity contribution in [2.75, 3.05) is 5.32 Å². The fraction of sp³-hybridized carbons (Fsp3) is 0.190. The van der Waals surface area contributed by atoms with Gasteiger partial charge in [-0.1, -0.05) is 11.6 Å². The maximum atomic E-state index is 14.3. The first-order valence-corrected chi connectivity index (χ1v) is 9.87. The molecular weight excluding hydrogens is 421 g/mol. The van der Waals surface area contributed by atoms with E-state index >= 15 is 0 Å². The fourth-order valence-electron chi connectivity index (χ4n) is 3.33. The normalized spacial score (nSPS) is 11.0. The number of aromatic nitrogens is 6. The fourth-order valence-corrected chi connectivity index (χ4v) is 3.46. The number of aryl methyl sites for hydroxylation is 2. The highest BCUT2D eigenvalue weighted by Crippen LogP contribution is 2.22. The maximum Gasteiger partial charge on any atom is 0.229 e. The molecule has 4 rings (SSSR count). The zero-order valence-corrected chi connectivity index (χ0v) is 17.9. The molecule has 0 unspecified atom stereocenters. The molecular formula is C21H19ClFN7O. The van der Waals surface area contributed by atoms with E-state index in [0.717, 1.165) is 22.6 Å². The van der Waals surface area contributed by atoms with Crippen LogP contribution in [0.4, 0.5) is 10.1 Å². The molecule has 4 aromatic rings. The molecule has 0 radical (unpaired) electrons. The van der Waals surface area contributed by atoms with Gasteiger partial charge in [-0.2, -0.15) is 9.78 Å². The molecule has 2 aromatic heterocycles. The molecule has 8 nitrogen and oxygen atoms in total. The minimum atomic E-state index is -0.548. The average Bonchev–Trinajstić information content (AvgIpc) is 3.28. The van der Waals surface area contributed by atoms with Gasteiger partial charge in [0.2, 0.25) is 5.91 Å². The average molecular weight is 440 g/mol. The molecule has 0 aliphatic heterocycles. The van der Waals surface area contributed by atoms with E-state index in [1.807, 2.05) is 26.0 Å². The van der Waals surface area contributed by atoms with Gasteiger partial charge in [-0.15, -0.1) is 5.10 Å². The lowest BCUT2D eigenvalue weighted by molar-refractivity contribution is -0.115. The zero-order chi connectivity index (χ0) is 22.1. The molecule has 2 aromatic carbocycles. The third-order valence-corrected chi connectivity index (χ3v) is 5.20. The molecule has 0 saturated heterocycles. The zero-order valence-electron chi connectivity index (χ0n) is 17.1. The molecule has 1 amide bonds. The van der Waals surface area contributed by atoms with Crippen molar-refractivity contribution < 1.29 is 9.18 Å². The molecule has 31 heavy (non-hydrogen) atoms. The number of anilines is 1. The number of hydrogen-bond acceptors (Lipinski definition) is 5. The Bertz CT molecular complexity index is 1260. The van der Waals surface area contributed by atoms with Crippen molar-refractivity contribution in [1.82, 2.24) is 30.0 Å². The first kappa shape index (κ1) is 20.7. The van der Waals surface area contributed by atoms with Crippen molar-refractivity contribution in [2.45, 2.75) is 27.2 Å². The van der Waals surface area contributed by atoms with Crippen LogP contribution in [-0.4, -0.2) is 35.9 Å². The van der Waals surface area contributed by atoms with Gasteiger partial charge in [-0.05, 0) is 73.7 Å². The number of tetrazole rings is 1. The third kappa shape index (κ3) is 4.17. The number of nitrogens with one attached hydrogen (secondary N) is 1. The van der Waals surface area contributed by atoms with Gasteiger partial charge in [0.25, 0.3) is 0 Å². The van der Waals surface area contributed by atoms with Crippen molar-refractivity contribution in [3.63, 3.8) is 0 Å². The summed E-state index contributed by atoms with van der Waals surface area (Å²) in [6.45, 7) is 5.45. The van der Waals surface area contributed by atoms with Gasteiger partial charge in [0.15, 0.2) is 5.82 Å². The topological polar surface area (TPSA) is 90.5 Å². The standard InChI is InChI=1S/C21H19ClFN7O/c1-12-18(13(2)29(26-12)16-6-4-15(22)5-7-16)11-21(31)24-20-10-17(8-9-19(20)23)30-14(3)25-27-28-30/h4-10H,11H2,1-3H3,(H,24,31). The Balaban J connectivity index is 1.56. The van der Waals surface area contributed by atoms with Crippen LogP contribution in [0.1, 0.15) is 22.8 Å². The molecule has 0 saturated carbocycles. The van der Waals surface area contributed by atoms with Crippen LogP contribution in [0, 0.1) is 26.6 Å². The number of rotatable bonds is 5. The molecule has 0 bridgehead atoms. The predicted molar refractivity (Wildman–Crippen MR) is 114 cm³/mol. The van der Waals surface area contributed by atoms with E-state index < -0.39 is 5.82 Å². The van der Waals surface area contributed by atoms with E-state index in [1.54, 1.807) is 29.8 Å². The summed E-state index contributed by atoms with van der Waals surface area (Å²) in [5, 5.41) is 19.1. The lowest BCUT2D eigenvalue weighted by Crippen LogP contribution is -2.16. The SMILES string of the molecule is Cc1nn(-c2ccc(Cl)cc2)c(C)c1CC(=O)Nc1cc(-n2nnnc2C)ccc1F. The molecule has 158 valence electrons. The van der Waals surface area contributed by atoms with Crippen molar-refractivity contribution in [1.29, 1.82) is 0 Å². The summed E-state index contributed by atoms with van der Waals surface area (Å²) in [6, 6.07) is 11.6. The lowest BCUT2D eigenvalue weighted by Gasteiger charge is -2.10. The summed E-state index contributed by atoms with van der Waals surface area (Å²) in [4.78, 5) is 12.7. The molecule has 2 heterocycles. The van der Waals surface area contributed by atoms with Gasteiger partial charge in [-0.25, -0.2) is 9.07 Å². The van der Waals surface area contributed by atoms with Crippen LogP contribution in [0.5, 0.6) is 0 Å². The second-order valence-corrected chi connectivity index (χ2v) is 7.50. The summed E-state index contributed by atoms with van der Waals surface area (Å²) >= 11 is 5.96. The number of halogens is 2. The van der Waals surface area contributed by atoms with Crippen LogP contribution in [0.15, 0.2) is 42.5 Å². The summed E-state index contributed by atoms with van der Waals surface area (Å²) in [5.41, 5.74) is 3.77. The Morgan fingerprint density at radius 2 is 1.77 bits per heavy atom. The van der Waals surface area contributed by atoms with Gasteiger partial charge in [-0.3, -0.25) is 4.79 Å². The Hall–Kier alpha value is -3.59. The molecule has 0 aliphatic rings. The second-order valence-electron chi connectivity index (χ2n) is 7.06. The Kier molecular flexibility index (Phi) is 5.51. The van der Waals surface area contributed by atoms with E-state index in [2.05, 4.69) is 25.9 Å². The smallest absolute Gasteiger partial charge is 0.229 e. The van der Waals surface area contributed by atoms with E-state index in [0.29, 0.717) is 16.5 Å². The summed E-state index contributed by atoms with van der Waals surface area (Å²) in [6.07, 6.45) is 0.0544. The molecule has 0 spiro atoms. The van der Waals surface area contributed by atoms with Gasteiger partial charge in [0.1, 0.15) is 5.82 Å². The summed E-state index contributed by atoms with van der Waals surface area (Å²) in [7, 11) is 0. The van der Waals surface area contributed by atoms with Gasteiger partial charge < -0.3 is 5.32 Å². The van der Waals surface area contributed by atoms with Crippen LogP contribution in [0.25, 0.3) is 11.4 Å². The highest BCUT2D eigenvalue weighted by Gasteiger charge is 2.17. The number of carbonyl (C=O) groups is 1. The Labute approximate surface area is 182 Å². The van der Waals surface area contributed by atoms with E-state index in [9.17, 15) is 9.18 Å². The molecule has 10 heteroatoms. The summed E-state index contributed by atoms with van der Waals surface area (Å²) in [5.74, 6) is -0.357. The van der Waals surface area contributed by atoms with E-state index in [4.69, 9.17) is 11.6 Å². The lowest BCUT2D eigenvalue weighted by atomic mass is 10.1. The van der Waals surface area contributed by atoms with Crippen LogP contribution in [0.2, 0.25) is 5.02 Å². The van der Waals surface area contributed by atoms with E-state index in [1.165, 1.54) is 16.8 Å². The third-order valence-electron chi connectivity index (χ3n) is 4.94. The minimum Gasteiger partial charge on any atom is -0.323 e. The van der Waals surface area contributed by atoms with Gasteiger partial charge in [0.05, 0.1) is 29.2 Å². The van der Waals surface area contributed by atoms with Crippen molar-refractivity contribution >= 4 is 23.2 Å². The van der Waals surface area contributed by atoms with Crippen molar-refractivity contribution in [2.24, 2.45) is 0 Å². The maximum absolute atomic E-state index is 14.3. The Morgan fingerprint density at radius 1 is 1.06 bits per heavy atom. The highest BCUT2D eigenvalue weighted by molar-refractivity contribution is 6.30. The number of carbonyl (C=O) groups excluding carboxylic acids is 1. The monoisotopic (exact) mass is 439 g/mol. The largest absolute Gasteiger partial charge is 0.323 e. The van der Waals surface area contributed by atoms with Gasteiger partial charge >= 0.3 is 0 Å². The minimum absolute atomic E-state index is 0.0535. The first-order chi connectivity index (χ1) is 14.8. The van der Waals surface area contributed by atoms with E-state index in [-0.39, 0.29) is 18.0 Å². The predicted octanol–water partition coefficient (Wildman–Crippen LogP) is 3.75. The van der Waals surface area contributed by atoms with Crippen LogP contribution >= 0.6 is 11.6 Å². The molecule has 0 aliphatic carbocycles. The molecule has 0 fully saturated rings. The van der Waals surface area contributed by atoms with Crippen LogP contribution in [0.3, 0.4) is 0 Å². The molecule has 1 N–H and O–H groups in total. The number of nitrogens with zero attached hydrogens (tertiary/aromatic N) is 6. The van der Waals surface area contributed by atoms with Crippen molar-refractivity contribution in [3.8, 4) is 11.4 Å². The number of amides is 1. The Morgan fingerprint density at radius 3 is 2.45 bits per heavy atom. The molecule has 0 atom stereocenters. The van der Waals surface area contributed by atoms with Crippen molar-refractivity contribution in [3.05, 3.63) is 76.1 Å². The second kappa shape index (κ2) is 8.27.